The van der Waals surface area contributed by atoms with Crippen LogP contribution in [-0.4, -0.2) is 18.0 Å². The molecule has 0 aromatic carbocycles. The van der Waals surface area contributed by atoms with Crippen molar-refractivity contribution in [2.45, 2.75) is 46.0 Å². The maximum atomic E-state index is 8.87. The minimum absolute atomic E-state index is 0.484. The van der Waals surface area contributed by atoms with Crippen LogP contribution in [0.3, 0.4) is 0 Å². The molecule has 0 aliphatic carbocycles. The van der Waals surface area contributed by atoms with E-state index in [0.717, 1.165) is 20.2 Å². The Morgan fingerprint density at radius 1 is 1.00 bits per heavy atom. The predicted molar refractivity (Wildman–Crippen MR) is 103 cm³/mol. The number of hydrogen-bond acceptors (Lipinski definition) is 6. The Balaban J connectivity index is 0.000000253. The zero-order valence-corrected chi connectivity index (χ0v) is 18.1. The summed E-state index contributed by atoms with van der Waals surface area (Å²) in [6.45, 7) is 10.9. The molecule has 0 saturated heterocycles. The fourth-order valence-electron chi connectivity index (χ4n) is 1.69. The van der Waals surface area contributed by atoms with Crippen molar-refractivity contribution in [3.05, 3.63) is 30.1 Å². The first kappa shape index (κ1) is 20.0. The van der Waals surface area contributed by atoms with Crippen LogP contribution in [0.5, 0.6) is 0 Å². The average molecular weight is 427 g/mol. The third-order valence-corrected chi connectivity index (χ3v) is 7.21. The fourth-order valence-corrected chi connectivity index (χ4v) is 5.22. The lowest BCUT2D eigenvalue weighted by Gasteiger charge is -2.14. The Kier molecular flexibility index (Phi) is 7.55. The largest absolute Gasteiger partial charge is 0.231 e. The number of nitriles is 2. The van der Waals surface area contributed by atoms with Gasteiger partial charge < -0.3 is 0 Å². The van der Waals surface area contributed by atoms with Crippen molar-refractivity contribution in [3.8, 4) is 12.1 Å². The highest BCUT2D eigenvalue weighted by atomic mass is 79.9. The van der Waals surface area contributed by atoms with Crippen LogP contribution in [0, 0.1) is 36.5 Å². The van der Waals surface area contributed by atoms with Gasteiger partial charge in [0.2, 0.25) is 0 Å². The number of thiazole rings is 2. The Morgan fingerprint density at radius 3 is 1.91 bits per heavy atom. The van der Waals surface area contributed by atoms with Gasteiger partial charge >= 0.3 is 0 Å². The maximum absolute atomic E-state index is 8.87. The highest BCUT2D eigenvalue weighted by Crippen LogP contribution is 2.23. The quantitative estimate of drug-likeness (QED) is 0.624. The molecular formula is C15H19BrN4S2Si. The molecular weight excluding hydrogens is 408 g/mol. The van der Waals surface area contributed by atoms with Crippen molar-refractivity contribution >= 4 is 46.7 Å². The second-order valence-corrected chi connectivity index (χ2v) is 15.6. The molecule has 0 radical (unpaired) electrons. The molecule has 2 heterocycles. The van der Waals surface area contributed by atoms with Gasteiger partial charge in [-0.2, -0.15) is 10.5 Å². The third-order valence-electron chi connectivity index (χ3n) is 2.81. The molecule has 2 aromatic heterocycles. The Hall–Kier alpha value is -1.06. The standard InChI is InChI=1S/C10H16N2SSi.C5H3BrN2S/c1-8-12-9(7-11)10(13-8)5-6-14(2,3)4;1-3-8-4(2-7)5(6)9-3/h5-6H2,1-4H3;1H3. The van der Waals surface area contributed by atoms with Crippen LogP contribution in [0.2, 0.25) is 25.7 Å². The second-order valence-electron chi connectivity index (χ2n) is 6.14. The van der Waals surface area contributed by atoms with Crippen molar-refractivity contribution < 1.29 is 0 Å². The smallest absolute Gasteiger partial charge is 0.165 e. The monoisotopic (exact) mass is 426 g/mol. The van der Waals surface area contributed by atoms with E-state index in [1.165, 1.54) is 22.3 Å². The molecule has 4 nitrogen and oxygen atoms in total. The van der Waals surface area contributed by atoms with Crippen LogP contribution in [0.15, 0.2) is 3.79 Å². The van der Waals surface area contributed by atoms with Crippen LogP contribution in [0.4, 0.5) is 0 Å². The summed E-state index contributed by atoms with van der Waals surface area (Å²) in [5.41, 5.74) is 1.13. The first-order valence-electron chi connectivity index (χ1n) is 7.05. The first-order valence-corrected chi connectivity index (χ1v) is 13.2. The Morgan fingerprint density at radius 2 is 1.52 bits per heavy atom. The van der Waals surface area contributed by atoms with Gasteiger partial charge in [-0.15, -0.1) is 22.7 Å². The molecule has 122 valence electrons. The summed E-state index contributed by atoms with van der Waals surface area (Å²) >= 11 is 6.36. The number of aryl methyl sites for hydroxylation is 3. The number of hydrogen-bond donors (Lipinski definition) is 0. The van der Waals surface area contributed by atoms with Gasteiger partial charge in [-0.25, -0.2) is 9.97 Å². The van der Waals surface area contributed by atoms with Gasteiger partial charge in [-0.3, -0.25) is 0 Å². The summed E-state index contributed by atoms with van der Waals surface area (Å²) in [5, 5.41) is 19.2. The van der Waals surface area contributed by atoms with Crippen molar-refractivity contribution in [2.24, 2.45) is 0 Å². The van der Waals surface area contributed by atoms with Gasteiger partial charge in [0.1, 0.15) is 15.9 Å². The van der Waals surface area contributed by atoms with Crippen molar-refractivity contribution in [3.63, 3.8) is 0 Å². The lowest BCUT2D eigenvalue weighted by Crippen LogP contribution is -2.19. The van der Waals surface area contributed by atoms with E-state index >= 15 is 0 Å². The van der Waals surface area contributed by atoms with E-state index < -0.39 is 8.07 Å². The molecule has 0 atom stereocenters. The van der Waals surface area contributed by atoms with Gasteiger partial charge in [0, 0.05) is 13.0 Å². The average Bonchev–Trinajstić information content (AvgIpc) is 2.98. The van der Waals surface area contributed by atoms with E-state index in [-0.39, 0.29) is 0 Å². The summed E-state index contributed by atoms with van der Waals surface area (Å²) in [7, 11) is -0.997. The summed E-state index contributed by atoms with van der Waals surface area (Å²) in [4.78, 5) is 9.32. The van der Waals surface area contributed by atoms with Crippen LogP contribution in [-0.2, 0) is 6.42 Å². The molecule has 23 heavy (non-hydrogen) atoms. The molecule has 0 saturated carbocycles. The Labute approximate surface area is 155 Å². The number of aromatic nitrogens is 2. The molecule has 8 heteroatoms. The molecule has 0 unspecified atom stereocenters. The van der Waals surface area contributed by atoms with E-state index in [9.17, 15) is 0 Å². The molecule has 2 aromatic rings. The summed E-state index contributed by atoms with van der Waals surface area (Å²) in [5.74, 6) is 0. The van der Waals surface area contributed by atoms with E-state index in [4.69, 9.17) is 10.5 Å². The molecule has 0 N–H and O–H groups in total. The molecule has 0 bridgehead atoms. The van der Waals surface area contributed by atoms with E-state index in [1.807, 2.05) is 19.9 Å². The Bertz CT molecular complexity index is 747. The highest BCUT2D eigenvalue weighted by molar-refractivity contribution is 9.11. The molecule has 0 amide bonds. The molecule has 0 fully saturated rings. The van der Waals surface area contributed by atoms with E-state index in [2.05, 4.69) is 51.6 Å². The minimum atomic E-state index is -0.997. The van der Waals surface area contributed by atoms with Crippen LogP contribution < -0.4 is 0 Å². The lowest BCUT2D eigenvalue weighted by molar-refractivity contribution is 1.10. The summed E-state index contributed by atoms with van der Waals surface area (Å²) in [6, 6.07) is 5.38. The van der Waals surface area contributed by atoms with Gasteiger partial charge in [-0.05, 0) is 36.2 Å². The number of halogens is 1. The zero-order chi connectivity index (χ0) is 17.6. The fraction of sp³-hybridized carbons (Fsp3) is 0.467. The van der Waals surface area contributed by atoms with Gasteiger partial charge in [0.15, 0.2) is 11.4 Å². The SMILES string of the molecule is Cc1nc(C#N)c(Br)s1.Cc1nc(C#N)c(CC[Si](C)(C)C)s1. The van der Waals surface area contributed by atoms with E-state index in [1.54, 1.807) is 11.3 Å². The predicted octanol–water partition coefficient (Wildman–Crippen LogP) is 5.29. The number of rotatable bonds is 3. The maximum Gasteiger partial charge on any atom is 0.165 e. The second kappa shape index (κ2) is 8.70. The van der Waals surface area contributed by atoms with Crippen molar-refractivity contribution in [1.29, 1.82) is 10.5 Å². The van der Waals surface area contributed by atoms with Gasteiger partial charge in [0.05, 0.1) is 10.0 Å². The lowest BCUT2D eigenvalue weighted by atomic mass is 10.3. The van der Waals surface area contributed by atoms with Gasteiger partial charge in [-0.1, -0.05) is 25.7 Å². The van der Waals surface area contributed by atoms with Crippen LogP contribution >= 0.6 is 38.6 Å². The molecule has 0 spiro atoms. The third kappa shape index (κ3) is 6.92. The van der Waals surface area contributed by atoms with Crippen LogP contribution in [0.1, 0.15) is 26.3 Å². The molecule has 2 rings (SSSR count). The topological polar surface area (TPSA) is 73.4 Å². The minimum Gasteiger partial charge on any atom is -0.231 e. The van der Waals surface area contributed by atoms with E-state index in [0.29, 0.717) is 11.4 Å². The first-order chi connectivity index (χ1) is 10.7. The highest BCUT2D eigenvalue weighted by Gasteiger charge is 2.15. The normalized spacial score (nSPS) is 10.4. The molecule has 0 aliphatic heterocycles. The van der Waals surface area contributed by atoms with Crippen LogP contribution in [0.25, 0.3) is 0 Å². The summed E-state index contributed by atoms with van der Waals surface area (Å²) in [6.07, 6.45) is 1.03. The van der Waals surface area contributed by atoms with Crippen molar-refractivity contribution in [2.75, 3.05) is 0 Å². The zero-order valence-electron chi connectivity index (χ0n) is 13.9. The molecule has 0 aliphatic rings. The van der Waals surface area contributed by atoms with Gasteiger partial charge in [0.25, 0.3) is 0 Å². The number of nitrogens with zero attached hydrogens (tertiary/aromatic N) is 4. The van der Waals surface area contributed by atoms with Crippen molar-refractivity contribution in [1.82, 2.24) is 9.97 Å². The summed E-state index contributed by atoms with van der Waals surface area (Å²) < 4.78 is 0.822.